The minimum Gasteiger partial charge on any atom is -0.333 e. The molecule has 0 fully saturated rings. The van der Waals surface area contributed by atoms with Crippen LogP contribution in [0.5, 0.6) is 0 Å². The van der Waals surface area contributed by atoms with Crippen molar-refractivity contribution in [2.45, 2.75) is 40.0 Å². The number of amides is 2. The SMILES string of the molecule is CCCN(CC(=O)Nc1ccccc1C)C(=O)Cc1csc(-c2ccc(CC)cc2)n1. The number of rotatable bonds is 9. The predicted molar refractivity (Wildman–Crippen MR) is 127 cm³/mol. The van der Waals surface area contributed by atoms with Gasteiger partial charge in [-0.15, -0.1) is 11.3 Å². The van der Waals surface area contributed by atoms with Gasteiger partial charge in [-0.1, -0.05) is 56.3 Å². The second kappa shape index (κ2) is 10.9. The van der Waals surface area contributed by atoms with Crippen LogP contribution in [0.4, 0.5) is 5.69 Å². The van der Waals surface area contributed by atoms with Crippen LogP contribution in [0.1, 0.15) is 37.1 Å². The first kappa shape index (κ1) is 22.7. The molecule has 162 valence electrons. The first-order valence-corrected chi connectivity index (χ1v) is 11.5. The number of para-hydroxylation sites is 1. The summed E-state index contributed by atoms with van der Waals surface area (Å²) in [6.45, 7) is 6.65. The molecule has 5 nitrogen and oxygen atoms in total. The zero-order chi connectivity index (χ0) is 22.2. The van der Waals surface area contributed by atoms with Crippen LogP contribution in [0, 0.1) is 6.92 Å². The lowest BCUT2D eigenvalue weighted by atomic mass is 10.1. The number of aryl methyl sites for hydroxylation is 2. The van der Waals surface area contributed by atoms with Gasteiger partial charge in [0.2, 0.25) is 11.8 Å². The summed E-state index contributed by atoms with van der Waals surface area (Å²) >= 11 is 1.54. The highest BCUT2D eigenvalue weighted by molar-refractivity contribution is 7.13. The third-order valence-corrected chi connectivity index (χ3v) is 6.03. The van der Waals surface area contributed by atoms with E-state index in [0.29, 0.717) is 6.54 Å². The van der Waals surface area contributed by atoms with Crippen molar-refractivity contribution < 1.29 is 9.59 Å². The normalized spacial score (nSPS) is 10.7. The number of carbonyl (C=O) groups is 2. The second-order valence-corrected chi connectivity index (χ2v) is 8.41. The monoisotopic (exact) mass is 435 g/mol. The molecule has 0 bridgehead atoms. The van der Waals surface area contributed by atoms with Crippen molar-refractivity contribution in [1.29, 1.82) is 0 Å². The van der Waals surface area contributed by atoms with Gasteiger partial charge in [-0.2, -0.15) is 0 Å². The Hall–Kier alpha value is -2.99. The Morgan fingerprint density at radius 3 is 2.48 bits per heavy atom. The molecule has 3 aromatic rings. The van der Waals surface area contributed by atoms with Gasteiger partial charge >= 0.3 is 0 Å². The average molecular weight is 436 g/mol. The Labute approximate surface area is 188 Å². The number of carbonyl (C=O) groups excluding carboxylic acids is 2. The number of hydrogen-bond donors (Lipinski definition) is 1. The number of thiazole rings is 1. The third kappa shape index (κ3) is 6.25. The Kier molecular flexibility index (Phi) is 7.95. The lowest BCUT2D eigenvalue weighted by Gasteiger charge is -2.21. The summed E-state index contributed by atoms with van der Waals surface area (Å²) in [6.07, 6.45) is 1.99. The quantitative estimate of drug-likeness (QED) is 0.509. The van der Waals surface area contributed by atoms with Crippen molar-refractivity contribution in [3.8, 4) is 10.6 Å². The van der Waals surface area contributed by atoms with E-state index in [0.717, 1.165) is 40.4 Å². The number of aromatic nitrogens is 1. The fourth-order valence-corrected chi connectivity index (χ4v) is 4.13. The fourth-order valence-electron chi connectivity index (χ4n) is 3.31. The van der Waals surface area contributed by atoms with Crippen LogP contribution >= 0.6 is 11.3 Å². The second-order valence-electron chi connectivity index (χ2n) is 7.55. The predicted octanol–water partition coefficient (Wildman–Crippen LogP) is 5.10. The van der Waals surface area contributed by atoms with Crippen molar-refractivity contribution in [2.75, 3.05) is 18.4 Å². The number of benzene rings is 2. The standard InChI is InChI=1S/C25H29N3O2S/c1-4-14-28(16-23(29)27-22-9-7-6-8-18(22)3)24(30)15-21-17-31-25(26-21)20-12-10-19(5-2)11-13-20/h6-13,17H,4-5,14-16H2,1-3H3,(H,27,29). The molecule has 0 aliphatic carbocycles. The summed E-state index contributed by atoms with van der Waals surface area (Å²) in [6, 6.07) is 16.0. The molecule has 3 rings (SSSR count). The number of hydrogen-bond acceptors (Lipinski definition) is 4. The topological polar surface area (TPSA) is 62.3 Å². The maximum atomic E-state index is 12.9. The van der Waals surface area contributed by atoms with Gasteiger partial charge < -0.3 is 10.2 Å². The van der Waals surface area contributed by atoms with Crippen LogP contribution in [0.2, 0.25) is 0 Å². The first-order valence-electron chi connectivity index (χ1n) is 10.7. The van der Waals surface area contributed by atoms with E-state index >= 15 is 0 Å². The van der Waals surface area contributed by atoms with Crippen LogP contribution in [0.25, 0.3) is 10.6 Å². The summed E-state index contributed by atoms with van der Waals surface area (Å²) in [5, 5.41) is 5.74. The van der Waals surface area contributed by atoms with Crippen LogP contribution in [-0.4, -0.2) is 34.8 Å². The lowest BCUT2D eigenvalue weighted by Crippen LogP contribution is -2.39. The third-order valence-electron chi connectivity index (χ3n) is 5.09. The van der Waals surface area contributed by atoms with Crippen LogP contribution < -0.4 is 5.32 Å². The van der Waals surface area contributed by atoms with E-state index in [4.69, 9.17) is 0 Å². The molecular formula is C25H29N3O2S. The molecule has 1 aromatic heterocycles. The van der Waals surface area contributed by atoms with Gasteiger partial charge in [0.25, 0.3) is 0 Å². The van der Waals surface area contributed by atoms with Crippen molar-refractivity contribution >= 4 is 28.8 Å². The highest BCUT2D eigenvalue weighted by Crippen LogP contribution is 2.24. The maximum absolute atomic E-state index is 12.9. The maximum Gasteiger partial charge on any atom is 0.244 e. The van der Waals surface area contributed by atoms with Gasteiger partial charge in [0.15, 0.2) is 0 Å². The van der Waals surface area contributed by atoms with Crippen LogP contribution in [-0.2, 0) is 22.4 Å². The summed E-state index contributed by atoms with van der Waals surface area (Å²) in [5.41, 5.74) is 4.85. The number of anilines is 1. The van der Waals surface area contributed by atoms with Crippen LogP contribution in [0.3, 0.4) is 0 Å². The number of nitrogens with zero attached hydrogens (tertiary/aromatic N) is 2. The van der Waals surface area contributed by atoms with E-state index < -0.39 is 0 Å². The van der Waals surface area contributed by atoms with Gasteiger partial charge in [-0.05, 0) is 37.0 Å². The molecule has 0 aliphatic heterocycles. The largest absolute Gasteiger partial charge is 0.333 e. The van der Waals surface area contributed by atoms with E-state index in [9.17, 15) is 9.59 Å². The Balaban J connectivity index is 1.63. The van der Waals surface area contributed by atoms with Crippen molar-refractivity contribution in [2.24, 2.45) is 0 Å². The molecule has 1 N–H and O–H groups in total. The van der Waals surface area contributed by atoms with E-state index in [2.05, 4.69) is 41.5 Å². The molecule has 31 heavy (non-hydrogen) atoms. The van der Waals surface area contributed by atoms with Gasteiger partial charge in [-0.3, -0.25) is 9.59 Å². The Bertz CT molecular complexity index is 1030. The van der Waals surface area contributed by atoms with E-state index in [1.807, 2.05) is 43.5 Å². The molecular weight excluding hydrogens is 406 g/mol. The molecule has 6 heteroatoms. The highest BCUT2D eigenvalue weighted by atomic mass is 32.1. The fraction of sp³-hybridized carbons (Fsp3) is 0.320. The van der Waals surface area contributed by atoms with Gasteiger partial charge in [0, 0.05) is 23.2 Å². The van der Waals surface area contributed by atoms with Gasteiger partial charge in [-0.25, -0.2) is 4.98 Å². The Morgan fingerprint density at radius 2 is 1.81 bits per heavy atom. The van der Waals surface area contributed by atoms with E-state index in [1.54, 1.807) is 4.90 Å². The van der Waals surface area contributed by atoms with Gasteiger partial charge in [0.05, 0.1) is 18.7 Å². The Morgan fingerprint density at radius 1 is 1.06 bits per heavy atom. The molecule has 2 amide bonds. The molecule has 0 radical (unpaired) electrons. The summed E-state index contributed by atoms with van der Waals surface area (Å²) in [4.78, 5) is 31.7. The van der Waals surface area contributed by atoms with Crippen molar-refractivity contribution in [3.63, 3.8) is 0 Å². The van der Waals surface area contributed by atoms with Crippen molar-refractivity contribution in [3.05, 3.63) is 70.7 Å². The molecule has 0 saturated carbocycles. The molecule has 2 aromatic carbocycles. The smallest absolute Gasteiger partial charge is 0.244 e. The minimum absolute atomic E-state index is 0.0382. The molecule has 1 heterocycles. The number of nitrogens with one attached hydrogen (secondary N) is 1. The summed E-state index contributed by atoms with van der Waals surface area (Å²) in [5.74, 6) is -0.272. The highest BCUT2D eigenvalue weighted by Gasteiger charge is 2.19. The lowest BCUT2D eigenvalue weighted by molar-refractivity contribution is -0.134. The zero-order valence-electron chi connectivity index (χ0n) is 18.4. The van der Waals surface area contributed by atoms with E-state index in [-0.39, 0.29) is 24.8 Å². The van der Waals surface area contributed by atoms with Gasteiger partial charge in [0.1, 0.15) is 5.01 Å². The van der Waals surface area contributed by atoms with E-state index in [1.165, 1.54) is 16.9 Å². The summed E-state index contributed by atoms with van der Waals surface area (Å²) < 4.78 is 0. The minimum atomic E-state index is -0.189. The zero-order valence-corrected chi connectivity index (χ0v) is 19.2. The average Bonchev–Trinajstić information content (AvgIpc) is 3.23. The first-order chi connectivity index (χ1) is 15.0. The molecule has 0 atom stereocenters. The molecule has 0 unspecified atom stereocenters. The van der Waals surface area contributed by atoms with Crippen molar-refractivity contribution in [1.82, 2.24) is 9.88 Å². The molecule has 0 saturated heterocycles. The summed E-state index contributed by atoms with van der Waals surface area (Å²) in [7, 11) is 0. The molecule has 0 aliphatic rings. The molecule has 0 spiro atoms. The van der Waals surface area contributed by atoms with Crippen LogP contribution in [0.15, 0.2) is 53.9 Å².